The second kappa shape index (κ2) is 24.3. The molecule has 12 rings (SSSR count). The average molecular weight is 1140 g/mol. The zero-order valence-electron chi connectivity index (χ0n) is 44.7. The summed E-state index contributed by atoms with van der Waals surface area (Å²) in [5.74, 6) is 0.515. The summed E-state index contributed by atoms with van der Waals surface area (Å²) in [5, 5.41) is 32.3. The lowest BCUT2D eigenvalue weighted by Gasteiger charge is -2.34. The first-order valence-corrected chi connectivity index (χ1v) is 27.6. The van der Waals surface area contributed by atoms with Gasteiger partial charge < -0.3 is 44.6 Å². The third-order valence-electron chi connectivity index (χ3n) is 13.0. The number of carbonyl (C=O) groups is 4. The quantitative estimate of drug-likeness (QED) is 0.0665. The van der Waals surface area contributed by atoms with E-state index in [2.05, 4.69) is 82.5 Å². The third-order valence-corrected chi connectivity index (χ3v) is 14.1. The molecule has 10 aromatic rings. The van der Waals surface area contributed by atoms with Crippen molar-refractivity contribution in [1.82, 2.24) is 89.2 Å². The molecule has 2 aromatic carbocycles. The van der Waals surface area contributed by atoms with Crippen LogP contribution in [0.1, 0.15) is 32.4 Å². The minimum atomic E-state index is -1.54. The van der Waals surface area contributed by atoms with Gasteiger partial charge in [-0.05, 0) is 50.6 Å². The van der Waals surface area contributed by atoms with Crippen molar-refractivity contribution in [1.29, 1.82) is 0 Å². The maximum absolute atomic E-state index is 13.5. The molecule has 2 fully saturated rings. The summed E-state index contributed by atoms with van der Waals surface area (Å²) in [6, 6.07) is 20.0. The lowest BCUT2D eigenvalue weighted by atomic mass is 10.1. The Hall–Kier alpha value is -9.48. The van der Waals surface area contributed by atoms with Gasteiger partial charge in [0, 0.05) is 64.8 Å². The Morgan fingerprint density at radius 2 is 1.02 bits per heavy atom. The topological polar surface area (TPSA) is 309 Å². The highest BCUT2D eigenvalue weighted by atomic mass is 32.2. The molecule has 2 aliphatic rings. The lowest BCUT2D eigenvalue weighted by molar-refractivity contribution is -0.131. The van der Waals surface area contributed by atoms with Crippen molar-refractivity contribution >= 4 is 80.7 Å². The SMILES string of the molecule is COc1cnc(-n2cnc(C)n2)c2[nH]cc(C(=O)C(=O)N3CCN(c4nc(SC)nn4-c4ccccc4)CC3)c12.COc1cnc(-n2cnc(C)n2)c2[nH]cc(C(=O)C(=O)O)c12.CSc1nc(N2CCNCC2)n(-c2ccccc2)n1. The normalized spacial score (nSPS) is 13.4. The van der Waals surface area contributed by atoms with Crippen LogP contribution < -0.4 is 24.6 Å². The minimum Gasteiger partial charge on any atom is -0.494 e. The number of carboxylic acids is 1. The van der Waals surface area contributed by atoms with Crippen LogP contribution in [0.3, 0.4) is 0 Å². The highest BCUT2D eigenvalue weighted by Crippen LogP contribution is 2.34. The number of ether oxygens (including phenoxy) is 2. The van der Waals surface area contributed by atoms with E-state index in [4.69, 9.17) is 19.6 Å². The van der Waals surface area contributed by atoms with Gasteiger partial charge in [-0.3, -0.25) is 14.4 Å². The predicted octanol–water partition coefficient (Wildman–Crippen LogP) is 4.42. The van der Waals surface area contributed by atoms with Crippen LogP contribution in [0.2, 0.25) is 0 Å². The second-order valence-electron chi connectivity index (χ2n) is 17.9. The van der Waals surface area contributed by atoms with Crippen LogP contribution in [0.25, 0.3) is 44.8 Å². The molecule has 0 unspecified atom stereocenters. The van der Waals surface area contributed by atoms with Crippen molar-refractivity contribution in [2.75, 3.05) is 88.9 Å². The van der Waals surface area contributed by atoms with Gasteiger partial charge in [0.1, 0.15) is 35.8 Å². The fourth-order valence-electron chi connectivity index (χ4n) is 9.11. The fraction of sp³-hybridized carbons (Fsp3) is 0.269. The first-order valence-electron chi connectivity index (χ1n) is 25.2. The molecule has 27 nitrogen and oxygen atoms in total. The number of pyridine rings is 2. The van der Waals surface area contributed by atoms with Gasteiger partial charge in [-0.1, -0.05) is 59.9 Å². The van der Waals surface area contributed by atoms with Crippen molar-refractivity contribution in [3.05, 3.63) is 121 Å². The van der Waals surface area contributed by atoms with E-state index in [0.717, 1.165) is 48.7 Å². The highest BCUT2D eigenvalue weighted by molar-refractivity contribution is 7.98. The van der Waals surface area contributed by atoms with Crippen LogP contribution in [-0.4, -0.2) is 192 Å². The number of para-hydroxylation sites is 2. The number of fused-ring (bicyclic) bond motifs is 2. The molecule has 8 aromatic heterocycles. The standard InChI is InChI=1S/C26H26N10O3S.C13H11N5O4.C13H17N5S/c1-16-29-15-35(31-16)23-21-20(19(39-2)14-28-23)18(13-27-21)22(37)24(38)33-9-11-34(12-10-33)26-30-25(40-3)32-36(26)17-7-5-4-6-8-17;1-6-16-5-18(17-6)12-10-9(8(22-2)4-15-12)7(3-14-10)11(19)13(20)21;1-19-12-15-13(17-9-7-14-8-10-17)18(16-12)11-5-3-2-4-6-11/h4-8,13-15,27H,9-12H2,1-3H3;3-5,14H,1-2H3,(H,20,21);2-6,14H,7-10H2,1H3. The molecule has 416 valence electrons. The number of piperazine rings is 2. The fourth-order valence-corrected chi connectivity index (χ4v) is 9.78. The van der Waals surface area contributed by atoms with Crippen molar-refractivity contribution in [3.8, 4) is 34.5 Å². The number of anilines is 2. The van der Waals surface area contributed by atoms with Gasteiger partial charge in [-0.15, -0.1) is 10.2 Å². The average Bonchev–Trinajstić information content (AvgIpc) is 4.56. The molecule has 0 radical (unpaired) electrons. The number of hydrogen-bond acceptors (Lipinski definition) is 21. The zero-order chi connectivity index (χ0) is 56.7. The van der Waals surface area contributed by atoms with Crippen molar-refractivity contribution in [2.45, 2.75) is 24.2 Å². The first kappa shape index (κ1) is 54.9. The van der Waals surface area contributed by atoms with Crippen LogP contribution in [0.15, 0.2) is 108 Å². The van der Waals surface area contributed by atoms with E-state index < -0.39 is 23.4 Å². The Morgan fingerprint density at radius 3 is 1.43 bits per heavy atom. The maximum atomic E-state index is 13.5. The van der Waals surface area contributed by atoms with Gasteiger partial charge in [0.15, 0.2) is 11.6 Å². The van der Waals surface area contributed by atoms with Gasteiger partial charge in [-0.2, -0.15) is 29.5 Å². The number of carboxylic acid groups (broad SMARTS) is 1. The number of aliphatic carboxylic acids is 1. The van der Waals surface area contributed by atoms with E-state index in [-0.39, 0.29) is 11.1 Å². The second-order valence-corrected chi connectivity index (χ2v) is 19.5. The minimum absolute atomic E-state index is 0.000151. The van der Waals surface area contributed by atoms with Crippen LogP contribution in [0.4, 0.5) is 11.9 Å². The maximum Gasteiger partial charge on any atom is 0.377 e. The van der Waals surface area contributed by atoms with Gasteiger partial charge in [-0.25, -0.2) is 34.1 Å². The Kier molecular flexibility index (Phi) is 16.4. The first-order chi connectivity index (χ1) is 39.4. The molecule has 81 heavy (non-hydrogen) atoms. The number of H-pyrrole nitrogens is 2. The van der Waals surface area contributed by atoms with Crippen LogP contribution in [0.5, 0.6) is 11.5 Å². The number of aromatic nitrogens is 16. The summed E-state index contributed by atoms with van der Waals surface area (Å²) in [7, 11) is 2.91. The number of hydrogen-bond donors (Lipinski definition) is 4. The molecule has 0 spiro atoms. The third kappa shape index (κ3) is 11.4. The number of rotatable bonds is 14. The Bertz CT molecular complexity index is 3880. The summed E-state index contributed by atoms with van der Waals surface area (Å²) in [6.07, 6.45) is 12.7. The van der Waals surface area contributed by atoms with E-state index >= 15 is 0 Å². The number of amides is 1. The molecule has 10 heterocycles. The van der Waals surface area contributed by atoms with Gasteiger partial charge >= 0.3 is 5.97 Å². The highest BCUT2D eigenvalue weighted by Gasteiger charge is 2.32. The van der Waals surface area contributed by atoms with Crippen molar-refractivity contribution < 1.29 is 33.8 Å². The van der Waals surface area contributed by atoms with E-state index in [0.29, 0.717) is 93.9 Å². The zero-order valence-corrected chi connectivity index (χ0v) is 46.3. The molecule has 0 bridgehead atoms. The molecule has 2 saturated heterocycles. The summed E-state index contributed by atoms with van der Waals surface area (Å²) in [5.41, 5.74) is 3.14. The molecular formula is C52H54N20O7S2. The van der Waals surface area contributed by atoms with Gasteiger partial charge in [0.25, 0.3) is 17.5 Å². The predicted molar refractivity (Wildman–Crippen MR) is 301 cm³/mol. The smallest absolute Gasteiger partial charge is 0.377 e. The largest absolute Gasteiger partial charge is 0.494 e. The monoisotopic (exact) mass is 1130 g/mol. The van der Waals surface area contributed by atoms with Crippen molar-refractivity contribution in [3.63, 3.8) is 0 Å². The summed E-state index contributed by atoms with van der Waals surface area (Å²) in [4.78, 5) is 87.7. The van der Waals surface area contributed by atoms with Gasteiger partial charge in [0.05, 0.1) is 70.9 Å². The number of benzene rings is 2. The lowest BCUT2D eigenvalue weighted by Crippen LogP contribution is -2.51. The number of aryl methyl sites for hydroxylation is 2. The summed E-state index contributed by atoms with van der Waals surface area (Å²) >= 11 is 3.05. The van der Waals surface area contributed by atoms with Crippen LogP contribution in [0, 0.1) is 13.8 Å². The molecule has 0 atom stereocenters. The molecule has 1 amide bonds. The molecular weight excluding hydrogens is 1080 g/mol. The van der Waals surface area contributed by atoms with E-state index in [9.17, 15) is 19.2 Å². The van der Waals surface area contributed by atoms with E-state index in [1.807, 2.05) is 70.4 Å². The van der Waals surface area contributed by atoms with Crippen LogP contribution >= 0.6 is 23.5 Å². The number of carbonyl (C=O) groups excluding carboxylic acids is 3. The van der Waals surface area contributed by atoms with E-state index in [1.54, 1.807) is 30.5 Å². The Balaban J connectivity index is 0.000000151. The van der Waals surface area contributed by atoms with Crippen LogP contribution in [-0.2, 0) is 9.59 Å². The Labute approximate surface area is 470 Å². The molecule has 4 N–H and O–H groups in total. The van der Waals surface area contributed by atoms with Crippen molar-refractivity contribution in [2.24, 2.45) is 0 Å². The number of methoxy groups -OCH3 is 2. The summed E-state index contributed by atoms with van der Waals surface area (Å²) < 4.78 is 17.4. The molecule has 2 aliphatic heterocycles. The molecule has 29 heteroatoms. The number of aromatic amines is 2. The van der Waals surface area contributed by atoms with Gasteiger partial charge in [0.2, 0.25) is 22.2 Å². The number of nitrogens with one attached hydrogen (secondary N) is 3. The van der Waals surface area contributed by atoms with E-state index in [1.165, 1.54) is 72.8 Å². The molecule has 0 aliphatic carbocycles. The number of ketones is 2. The Morgan fingerprint density at radius 1 is 0.580 bits per heavy atom. The summed E-state index contributed by atoms with van der Waals surface area (Å²) in [6.45, 7) is 9.18. The number of thioether (sulfide) groups is 2. The number of nitrogens with zero attached hydrogens (tertiary/aromatic N) is 17. The number of Topliss-reactive ketones (excluding diaryl/α,β-unsaturated/α-hetero) is 2. The molecule has 0 saturated carbocycles.